The Kier molecular flexibility index (Phi) is 4.39. The molecule has 3 aromatic rings. The minimum absolute atomic E-state index is 0.184. The Morgan fingerprint density at radius 1 is 0.955 bits per heavy atom. The van der Waals surface area contributed by atoms with E-state index in [1.807, 2.05) is 60.7 Å². The van der Waals surface area contributed by atoms with Crippen molar-refractivity contribution in [3.63, 3.8) is 0 Å². The van der Waals surface area contributed by atoms with Crippen molar-refractivity contribution in [2.24, 2.45) is 0 Å². The molecule has 0 fully saturated rings. The van der Waals surface area contributed by atoms with Gasteiger partial charge < -0.3 is 15.1 Å². The number of hydrogen-bond acceptors (Lipinski definition) is 2. The molecule has 2 amide bonds. The summed E-state index contributed by atoms with van der Waals surface area (Å²) in [5.41, 5.74) is 2.05. The van der Waals surface area contributed by atoms with Gasteiger partial charge in [0.05, 0.1) is 6.54 Å². The molecule has 3 rings (SSSR count). The summed E-state index contributed by atoms with van der Waals surface area (Å²) >= 11 is 0. The van der Waals surface area contributed by atoms with E-state index in [4.69, 9.17) is 4.42 Å². The van der Waals surface area contributed by atoms with Crippen molar-refractivity contribution in [1.82, 2.24) is 10.6 Å². The summed E-state index contributed by atoms with van der Waals surface area (Å²) in [5, 5.41) is 6.69. The number of hydrogen-bond donors (Lipinski definition) is 2. The molecule has 4 heteroatoms. The second-order valence-corrected chi connectivity index (χ2v) is 5.10. The lowest BCUT2D eigenvalue weighted by molar-refractivity contribution is 0.240. The second kappa shape index (κ2) is 6.80. The van der Waals surface area contributed by atoms with Gasteiger partial charge in [-0.05, 0) is 24.1 Å². The first-order valence-electron chi connectivity index (χ1n) is 7.34. The van der Waals surface area contributed by atoms with E-state index in [9.17, 15) is 4.79 Å². The zero-order valence-electron chi connectivity index (χ0n) is 12.2. The number of benzene rings is 2. The quantitative estimate of drug-likeness (QED) is 0.757. The molecular formula is C18H18N2O2. The third-order valence-corrected chi connectivity index (χ3v) is 3.44. The van der Waals surface area contributed by atoms with Crippen LogP contribution in [0.25, 0.3) is 11.0 Å². The van der Waals surface area contributed by atoms with Gasteiger partial charge in [0.25, 0.3) is 0 Å². The van der Waals surface area contributed by atoms with Crippen LogP contribution in [0.2, 0.25) is 0 Å². The number of nitrogens with one attached hydrogen (secondary N) is 2. The number of carbonyl (C=O) groups excluding carboxylic acids is 1. The van der Waals surface area contributed by atoms with Crippen LogP contribution < -0.4 is 10.6 Å². The second-order valence-electron chi connectivity index (χ2n) is 5.10. The third kappa shape index (κ3) is 3.67. The first-order valence-corrected chi connectivity index (χ1v) is 7.34. The van der Waals surface area contributed by atoms with E-state index in [0.717, 1.165) is 23.2 Å². The molecule has 0 aliphatic carbocycles. The molecule has 1 heterocycles. The van der Waals surface area contributed by atoms with Gasteiger partial charge in [-0.15, -0.1) is 0 Å². The molecule has 1 aromatic heterocycles. The molecule has 0 unspecified atom stereocenters. The number of urea groups is 1. The summed E-state index contributed by atoms with van der Waals surface area (Å²) in [6, 6.07) is 19.6. The van der Waals surface area contributed by atoms with Gasteiger partial charge in [-0.2, -0.15) is 0 Å². The van der Waals surface area contributed by atoms with E-state index in [0.29, 0.717) is 13.1 Å². The molecule has 2 N–H and O–H groups in total. The largest absolute Gasteiger partial charge is 0.459 e. The maximum Gasteiger partial charge on any atom is 0.315 e. The van der Waals surface area contributed by atoms with Crippen molar-refractivity contribution in [3.05, 3.63) is 72.0 Å². The molecular weight excluding hydrogens is 276 g/mol. The summed E-state index contributed by atoms with van der Waals surface area (Å²) < 4.78 is 5.65. The predicted molar refractivity (Wildman–Crippen MR) is 86.6 cm³/mol. The molecule has 4 nitrogen and oxygen atoms in total. The fourth-order valence-electron chi connectivity index (χ4n) is 2.32. The van der Waals surface area contributed by atoms with Crippen LogP contribution in [0.3, 0.4) is 0 Å². The predicted octanol–water partition coefficient (Wildman–Crippen LogP) is 3.47. The monoisotopic (exact) mass is 294 g/mol. The van der Waals surface area contributed by atoms with E-state index < -0.39 is 0 Å². The van der Waals surface area contributed by atoms with Crippen molar-refractivity contribution in [3.8, 4) is 0 Å². The molecule has 2 aromatic carbocycles. The fourth-order valence-corrected chi connectivity index (χ4v) is 2.32. The van der Waals surface area contributed by atoms with Crippen LogP contribution in [-0.4, -0.2) is 12.6 Å². The zero-order valence-corrected chi connectivity index (χ0v) is 12.2. The molecule has 0 aliphatic rings. The van der Waals surface area contributed by atoms with Gasteiger partial charge in [0.1, 0.15) is 11.3 Å². The third-order valence-electron chi connectivity index (χ3n) is 3.44. The highest BCUT2D eigenvalue weighted by Crippen LogP contribution is 2.18. The highest BCUT2D eigenvalue weighted by Gasteiger charge is 2.05. The lowest BCUT2D eigenvalue weighted by Crippen LogP contribution is -2.36. The zero-order chi connectivity index (χ0) is 15.2. The summed E-state index contributed by atoms with van der Waals surface area (Å²) in [7, 11) is 0. The maximum absolute atomic E-state index is 11.8. The summed E-state index contributed by atoms with van der Waals surface area (Å²) in [6.45, 7) is 0.988. The molecule has 0 bridgehead atoms. The normalized spacial score (nSPS) is 10.5. The Bertz CT molecular complexity index is 717. The Balaban J connectivity index is 1.44. The summed E-state index contributed by atoms with van der Waals surface area (Å²) in [4.78, 5) is 11.8. The molecule has 0 saturated heterocycles. The van der Waals surface area contributed by atoms with Gasteiger partial charge >= 0.3 is 6.03 Å². The maximum atomic E-state index is 11.8. The van der Waals surface area contributed by atoms with Crippen LogP contribution in [0.5, 0.6) is 0 Å². The van der Waals surface area contributed by atoms with Crippen molar-refractivity contribution in [1.29, 1.82) is 0 Å². The van der Waals surface area contributed by atoms with E-state index in [-0.39, 0.29) is 6.03 Å². The average molecular weight is 294 g/mol. The van der Waals surface area contributed by atoms with Crippen molar-refractivity contribution in [2.45, 2.75) is 13.0 Å². The first kappa shape index (κ1) is 14.2. The van der Waals surface area contributed by atoms with Gasteiger partial charge in [0.15, 0.2) is 0 Å². The Morgan fingerprint density at radius 2 is 1.73 bits per heavy atom. The van der Waals surface area contributed by atoms with Crippen LogP contribution >= 0.6 is 0 Å². The van der Waals surface area contributed by atoms with Gasteiger partial charge in [0.2, 0.25) is 0 Å². The SMILES string of the molecule is O=C(NCCc1ccccc1)NCc1cc2ccccc2o1. The number of furan rings is 1. The topological polar surface area (TPSA) is 54.3 Å². The number of fused-ring (bicyclic) bond motifs is 1. The van der Waals surface area contributed by atoms with E-state index in [1.54, 1.807) is 0 Å². The highest BCUT2D eigenvalue weighted by molar-refractivity contribution is 5.78. The molecule has 0 aliphatic heterocycles. The van der Waals surface area contributed by atoms with E-state index in [1.165, 1.54) is 5.56 Å². The number of carbonyl (C=O) groups is 1. The average Bonchev–Trinajstić information content (AvgIpc) is 2.97. The van der Waals surface area contributed by atoms with Crippen molar-refractivity contribution < 1.29 is 9.21 Å². The molecule has 0 atom stereocenters. The molecule has 0 spiro atoms. The molecule has 0 saturated carbocycles. The number of para-hydroxylation sites is 1. The lowest BCUT2D eigenvalue weighted by atomic mass is 10.1. The van der Waals surface area contributed by atoms with Crippen LogP contribution in [0.1, 0.15) is 11.3 Å². The first-order chi connectivity index (χ1) is 10.8. The molecule has 0 radical (unpaired) electrons. The fraction of sp³-hybridized carbons (Fsp3) is 0.167. The Hall–Kier alpha value is -2.75. The minimum Gasteiger partial charge on any atom is -0.459 e. The van der Waals surface area contributed by atoms with Crippen LogP contribution in [0.15, 0.2) is 65.1 Å². The van der Waals surface area contributed by atoms with Gasteiger partial charge in [-0.25, -0.2) is 4.79 Å². The van der Waals surface area contributed by atoms with Gasteiger partial charge in [0, 0.05) is 11.9 Å². The lowest BCUT2D eigenvalue weighted by Gasteiger charge is -2.06. The Morgan fingerprint density at radius 3 is 2.55 bits per heavy atom. The van der Waals surface area contributed by atoms with Gasteiger partial charge in [-0.1, -0.05) is 48.5 Å². The van der Waals surface area contributed by atoms with Crippen molar-refractivity contribution in [2.75, 3.05) is 6.54 Å². The summed E-state index contributed by atoms with van der Waals surface area (Å²) in [5.74, 6) is 0.749. The standard InChI is InChI=1S/C18H18N2O2/c21-18(19-11-10-14-6-2-1-3-7-14)20-13-16-12-15-8-4-5-9-17(15)22-16/h1-9,12H,10-11,13H2,(H2,19,20,21). The van der Waals surface area contributed by atoms with Crippen LogP contribution in [-0.2, 0) is 13.0 Å². The molecule has 112 valence electrons. The summed E-state index contributed by atoms with van der Waals surface area (Å²) in [6.07, 6.45) is 0.818. The van der Waals surface area contributed by atoms with E-state index in [2.05, 4.69) is 10.6 Å². The van der Waals surface area contributed by atoms with Crippen LogP contribution in [0, 0.1) is 0 Å². The van der Waals surface area contributed by atoms with E-state index >= 15 is 0 Å². The highest BCUT2D eigenvalue weighted by atomic mass is 16.3. The smallest absolute Gasteiger partial charge is 0.315 e. The number of amides is 2. The molecule has 22 heavy (non-hydrogen) atoms. The van der Waals surface area contributed by atoms with Crippen molar-refractivity contribution >= 4 is 17.0 Å². The van der Waals surface area contributed by atoms with Crippen LogP contribution in [0.4, 0.5) is 4.79 Å². The minimum atomic E-state index is -0.184. The van der Waals surface area contributed by atoms with Gasteiger partial charge in [-0.3, -0.25) is 0 Å². The Labute approximate surface area is 129 Å². The number of rotatable bonds is 5.